The Labute approximate surface area is 153 Å². The van der Waals surface area contributed by atoms with Gasteiger partial charge in [0, 0.05) is 53.0 Å². The van der Waals surface area contributed by atoms with E-state index in [4.69, 9.17) is 0 Å². The number of amides is 1. The number of nitrogens with one attached hydrogen (secondary N) is 1. The lowest BCUT2D eigenvalue weighted by atomic mass is 9.75. The van der Waals surface area contributed by atoms with Crippen molar-refractivity contribution in [1.82, 2.24) is 5.32 Å². The highest BCUT2D eigenvalue weighted by Crippen LogP contribution is 2.43. The molecule has 1 N–H and O–H groups in total. The van der Waals surface area contributed by atoms with E-state index in [0.29, 0.717) is 24.1 Å². The van der Waals surface area contributed by atoms with Crippen molar-refractivity contribution in [1.29, 1.82) is 0 Å². The first-order chi connectivity index (χ1) is 12.5. The first-order valence-corrected chi connectivity index (χ1v) is 9.24. The molecule has 1 aliphatic carbocycles. The van der Waals surface area contributed by atoms with Gasteiger partial charge in [0.05, 0.1) is 4.92 Å². The maximum absolute atomic E-state index is 12.9. The maximum atomic E-state index is 12.9. The van der Waals surface area contributed by atoms with Gasteiger partial charge in [-0.25, -0.2) is 0 Å². The van der Waals surface area contributed by atoms with Crippen molar-refractivity contribution >= 4 is 28.7 Å². The summed E-state index contributed by atoms with van der Waals surface area (Å²) >= 11 is 1.62. The molecule has 26 heavy (non-hydrogen) atoms. The van der Waals surface area contributed by atoms with E-state index in [1.807, 2.05) is 17.5 Å². The topological polar surface area (TPSA) is 89.3 Å². The second kappa shape index (κ2) is 6.49. The molecule has 6 nitrogen and oxygen atoms in total. The molecule has 132 valence electrons. The van der Waals surface area contributed by atoms with E-state index >= 15 is 0 Å². The molecule has 0 spiro atoms. The monoisotopic (exact) mass is 368 g/mol. The number of nitro groups is 1. The summed E-state index contributed by atoms with van der Waals surface area (Å²) in [5, 5.41) is 15.7. The Kier molecular flexibility index (Phi) is 4.16. The van der Waals surface area contributed by atoms with Crippen LogP contribution in [0.1, 0.15) is 41.5 Å². The van der Waals surface area contributed by atoms with Gasteiger partial charge in [-0.15, -0.1) is 11.3 Å². The van der Waals surface area contributed by atoms with Crippen LogP contribution in [0.5, 0.6) is 0 Å². The van der Waals surface area contributed by atoms with Crippen LogP contribution in [0.3, 0.4) is 0 Å². The number of ketones is 1. The number of carbonyl (C=O) groups excluding carboxylic acids is 2. The van der Waals surface area contributed by atoms with E-state index < -0.39 is 4.92 Å². The average Bonchev–Trinajstić information content (AvgIpc) is 3.15. The van der Waals surface area contributed by atoms with Crippen molar-refractivity contribution in [3.8, 4) is 0 Å². The van der Waals surface area contributed by atoms with Crippen LogP contribution in [0.25, 0.3) is 0 Å². The molecule has 0 fully saturated rings. The summed E-state index contributed by atoms with van der Waals surface area (Å²) in [6, 6.07) is 10.1. The van der Waals surface area contributed by atoms with Crippen molar-refractivity contribution in [3.05, 3.63) is 73.6 Å². The van der Waals surface area contributed by atoms with E-state index in [9.17, 15) is 19.7 Å². The Balaban J connectivity index is 1.70. The lowest BCUT2D eigenvalue weighted by molar-refractivity contribution is -0.384. The van der Waals surface area contributed by atoms with E-state index in [0.717, 1.165) is 10.4 Å². The fourth-order valence-electron chi connectivity index (χ4n) is 3.80. The average molecular weight is 368 g/mol. The SMILES string of the molecule is O=C1CC(c2ccc([N+](=O)[O-])cc2)C2=C(CC(c3cccs3)CC2=O)N1. The standard InChI is InChI=1S/C19H16N2O4S/c22-16-9-12(17-2-1-7-26-17)8-15-19(16)14(10-18(23)20-15)11-3-5-13(6-4-11)21(24)25/h1-7,12,14H,8-10H2,(H,20,23). The van der Waals surface area contributed by atoms with Gasteiger partial charge >= 0.3 is 0 Å². The number of hydrogen-bond donors (Lipinski definition) is 1. The molecule has 7 heteroatoms. The molecule has 0 bridgehead atoms. The second-order valence-corrected chi connectivity index (χ2v) is 7.57. The number of Topliss-reactive ketones (excluding diaryl/α,β-unsaturated/α-hetero) is 1. The van der Waals surface area contributed by atoms with Crippen LogP contribution in [0, 0.1) is 10.1 Å². The molecule has 2 atom stereocenters. The summed E-state index contributed by atoms with van der Waals surface area (Å²) in [6.07, 6.45) is 1.25. The number of rotatable bonds is 3. The highest BCUT2D eigenvalue weighted by atomic mass is 32.1. The molecule has 2 aliphatic rings. The molecular weight excluding hydrogens is 352 g/mol. The molecule has 1 aromatic carbocycles. The number of hydrogen-bond acceptors (Lipinski definition) is 5. The molecule has 4 rings (SSSR count). The number of carbonyl (C=O) groups is 2. The summed E-state index contributed by atoms with van der Waals surface area (Å²) in [5.41, 5.74) is 2.13. The number of thiophene rings is 1. The number of nitro benzene ring substituents is 1. The molecule has 2 aromatic rings. The van der Waals surface area contributed by atoms with Gasteiger partial charge in [-0.05, 0) is 23.4 Å². The molecular formula is C19H16N2O4S. The first kappa shape index (κ1) is 16.7. The summed E-state index contributed by atoms with van der Waals surface area (Å²) in [4.78, 5) is 36.6. The molecule has 1 aromatic heterocycles. The van der Waals surface area contributed by atoms with Gasteiger partial charge in [-0.2, -0.15) is 0 Å². The third kappa shape index (κ3) is 2.94. The van der Waals surface area contributed by atoms with Gasteiger partial charge in [0.2, 0.25) is 5.91 Å². The first-order valence-electron chi connectivity index (χ1n) is 8.36. The quantitative estimate of drug-likeness (QED) is 0.661. The minimum Gasteiger partial charge on any atom is -0.329 e. The van der Waals surface area contributed by atoms with Gasteiger partial charge in [0.1, 0.15) is 0 Å². The Morgan fingerprint density at radius 3 is 2.50 bits per heavy atom. The minimum atomic E-state index is -0.459. The van der Waals surface area contributed by atoms with Gasteiger partial charge in [0.25, 0.3) is 5.69 Å². The van der Waals surface area contributed by atoms with E-state index in [1.165, 1.54) is 12.1 Å². The maximum Gasteiger partial charge on any atom is 0.269 e. The van der Waals surface area contributed by atoms with Gasteiger partial charge in [-0.1, -0.05) is 18.2 Å². The van der Waals surface area contributed by atoms with Crippen molar-refractivity contribution in [2.24, 2.45) is 0 Å². The summed E-state index contributed by atoms with van der Waals surface area (Å²) in [5.74, 6) is -0.312. The normalized spacial score (nSPS) is 22.8. The summed E-state index contributed by atoms with van der Waals surface area (Å²) in [6.45, 7) is 0. The van der Waals surface area contributed by atoms with Crippen LogP contribution in [-0.2, 0) is 9.59 Å². The fraction of sp³-hybridized carbons (Fsp3) is 0.263. The van der Waals surface area contributed by atoms with E-state index in [2.05, 4.69) is 5.32 Å². The molecule has 2 heterocycles. The number of benzene rings is 1. The van der Waals surface area contributed by atoms with Crippen molar-refractivity contribution < 1.29 is 14.5 Å². The largest absolute Gasteiger partial charge is 0.329 e. The highest BCUT2D eigenvalue weighted by Gasteiger charge is 2.38. The Morgan fingerprint density at radius 2 is 1.85 bits per heavy atom. The van der Waals surface area contributed by atoms with Crippen LogP contribution >= 0.6 is 11.3 Å². The van der Waals surface area contributed by atoms with Gasteiger partial charge < -0.3 is 5.32 Å². The van der Waals surface area contributed by atoms with Crippen LogP contribution in [-0.4, -0.2) is 16.6 Å². The van der Waals surface area contributed by atoms with Crippen molar-refractivity contribution in [3.63, 3.8) is 0 Å². The molecule has 2 unspecified atom stereocenters. The fourth-order valence-corrected chi connectivity index (χ4v) is 4.63. The molecule has 0 radical (unpaired) electrons. The van der Waals surface area contributed by atoms with Crippen molar-refractivity contribution in [2.45, 2.75) is 31.1 Å². The third-order valence-electron chi connectivity index (χ3n) is 4.99. The molecule has 0 saturated carbocycles. The van der Waals surface area contributed by atoms with Gasteiger partial charge in [-0.3, -0.25) is 19.7 Å². The van der Waals surface area contributed by atoms with Crippen LogP contribution in [0.15, 0.2) is 53.0 Å². The van der Waals surface area contributed by atoms with Crippen LogP contribution < -0.4 is 5.32 Å². The molecule has 1 aliphatic heterocycles. The zero-order valence-corrected chi connectivity index (χ0v) is 14.6. The minimum absolute atomic E-state index is 0.00376. The predicted octanol–water partition coefficient (Wildman–Crippen LogP) is 3.66. The van der Waals surface area contributed by atoms with Crippen LogP contribution in [0.4, 0.5) is 5.69 Å². The zero-order valence-electron chi connectivity index (χ0n) is 13.8. The molecule has 1 amide bonds. The summed E-state index contributed by atoms with van der Waals surface area (Å²) < 4.78 is 0. The number of nitrogens with zero attached hydrogens (tertiary/aromatic N) is 1. The summed E-state index contributed by atoms with van der Waals surface area (Å²) in [7, 11) is 0. The Hall–Kier alpha value is -2.80. The van der Waals surface area contributed by atoms with Gasteiger partial charge in [0.15, 0.2) is 5.78 Å². The van der Waals surface area contributed by atoms with Crippen LogP contribution in [0.2, 0.25) is 0 Å². The molecule has 0 saturated heterocycles. The van der Waals surface area contributed by atoms with E-state index in [-0.39, 0.29) is 35.6 Å². The predicted molar refractivity (Wildman–Crippen MR) is 96.9 cm³/mol. The Bertz CT molecular complexity index is 916. The van der Waals surface area contributed by atoms with E-state index in [1.54, 1.807) is 23.5 Å². The zero-order chi connectivity index (χ0) is 18.3. The lowest BCUT2D eigenvalue weighted by Gasteiger charge is -2.34. The Morgan fingerprint density at radius 1 is 1.08 bits per heavy atom. The lowest BCUT2D eigenvalue weighted by Crippen LogP contribution is -2.38. The number of allylic oxidation sites excluding steroid dienone is 2. The third-order valence-corrected chi connectivity index (χ3v) is 6.02. The van der Waals surface area contributed by atoms with Crippen molar-refractivity contribution in [2.75, 3.05) is 0 Å². The smallest absolute Gasteiger partial charge is 0.269 e. The highest BCUT2D eigenvalue weighted by molar-refractivity contribution is 7.10. The second-order valence-electron chi connectivity index (χ2n) is 6.59. The number of non-ortho nitro benzene ring substituents is 1.